The second kappa shape index (κ2) is 7.77. The van der Waals surface area contributed by atoms with Gasteiger partial charge in [-0.25, -0.2) is 0 Å². The summed E-state index contributed by atoms with van der Waals surface area (Å²) in [6.45, 7) is 0. The van der Waals surface area contributed by atoms with Crippen LogP contribution in [0.5, 0.6) is 5.75 Å². The summed E-state index contributed by atoms with van der Waals surface area (Å²) in [5, 5.41) is 12.5. The summed E-state index contributed by atoms with van der Waals surface area (Å²) in [6.07, 6.45) is 1.33. The van der Waals surface area contributed by atoms with E-state index in [2.05, 4.69) is 21.2 Å². The molecule has 2 N–H and O–H groups in total. The van der Waals surface area contributed by atoms with Crippen LogP contribution >= 0.6 is 63.0 Å². The molecule has 0 unspecified atom stereocenters. The molecule has 0 bridgehead atoms. The molecule has 0 radical (unpaired) electrons. The number of phenols is 1. The van der Waals surface area contributed by atoms with Crippen molar-refractivity contribution in [2.75, 3.05) is 4.90 Å². The van der Waals surface area contributed by atoms with Crippen molar-refractivity contribution in [2.45, 2.75) is 0 Å². The monoisotopic (exact) mass is 504 g/mol. The predicted octanol–water partition coefficient (Wildman–Crippen LogP) is 4.95. The first kappa shape index (κ1) is 20.1. The van der Waals surface area contributed by atoms with Gasteiger partial charge in [-0.2, -0.15) is 0 Å². The maximum atomic E-state index is 13.0. The van der Waals surface area contributed by atoms with Gasteiger partial charge in [-0.1, -0.05) is 40.9 Å². The first-order chi connectivity index (χ1) is 12.7. The van der Waals surface area contributed by atoms with Gasteiger partial charge in [0.1, 0.15) is 11.3 Å². The number of rotatable bonds is 2. The average molecular weight is 507 g/mol. The maximum absolute atomic E-state index is 13.0. The highest BCUT2D eigenvalue weighted by Crippen LogP contribution is 2.36. The third kappa shape index (κ3) is 3.83. The van der Waals surface area contributed by atoms with Gasteiger partial charge in [-0.3, -0.25) is 19.8 Å². The Morgan fingerprint density at radius 2 is 1.85 bits per heavy atom. The third-order valence-electron chi connectivity index (χ3n) is 3.62. The van der Waals surface area contributed by atoms with Crippen molar-refractivity contribution in [3.8, 4) is 5.75 Å². The van der Waals surface area contributed by atoms with Crippen molar-refractivity contribution >= 4 is 91.6 Å². The molecule has 0 aliphatic carbocycles. The number of nitrogens with one attached hydrogen (secondary N) is 1. The van der Waals surface area contributed by atoms with Crippen molar-refractivity contribution in [1.82, 2.24) is 5.32 Å². The quantitative estimate of drug-likeness (QED) is 0.344. The Morgan fingerprint density at radius 3 is 2.52 bits per heavy atom. The minimum Gasteiger partial charge on any atom is -0.505 e. The molecule has 2 aromatic carbocycles. The predicted molar refractivity (Wildman–Crippen MR) is 113 cm³/mol. The van der Waals surface area contributed by atoms with Gasteiger partial charge in [0, 0.05) is 0 Å². The standard InChI is InChI=1S/C17H8BrCl3N2O3S/c18-9-5-7(6-11(20)14(9)24)4-8-15(25)22-17(27)23(16(8)26)12-3-1-2-10(19)13(12)21/h1-6,24H,(H,22,25,27)/b8-4+. The fourth-order valence-electron chi connectivity index (χ4n) is 2.38. The molecule has 1 aliphatic heterocycles. The van der Waals surface area contributed by atoms with Crippen LogP contribution in [0.15, 0.2) is 40.4 Å². The van der Waals surface area contributed by atoms with Crippen LogP contribution in [0.2, 0.25) is 15.1 Å². The first-order valence-corrected chi connectivity index (χ1v) is 9.57. The van der Waals surface area contributed by atoms with Crippen molar-refractivity contribution in [3.63, 3.8) is 0 Å². The molecule has 138 valence electrons. The topological polar surface area (TPSA) is 69.6 Å². The molecule has 2 amide bonds. The van der Waals surface area contributed by atoms with Gasteiger partial charge in [0.15, 0.2) is 5.11 Å². The van der Waals surface area contributed by atoms with Gasteiger partial charge in [0.2, 0.25) is 0 Å². The summed E-state index contributed by atoms with van der Waals surface area (Å²) in [5.74, 6) is -1.49. The molecular weight excluding hydrogens is 499 g/mol. The largest absolute Gasteiger partial charge is 0.505 e. The normalized spacial score (nSPS) is 16.1. The van der Waals surface area contributed by atoms with E-state index in [1.807, 2.05) is 0 Å². The highest BCUT2D eigenvalue weighted by molar-refractivity contribution is 9.10. The number of anilines is 1. The number of hydrogen-bond acceptors (Lipinski definition) is 4. The van der Waals surface area contributed by atoms with Crippen LogP contribution in [-0.2, 0) is 9.59 Å². The average Bonchev–Trinajstić information content (AvgIpc) is 2.60. The number of carbonyl (C=O) groups excluding carboxylic acids is 2. The van der Waals surface area contributed by atoms with Crippen LogP contribution in [0.4, 0.5) is 5.69 Å². The Balaban J connectivity index is 2.09. The Hall–Kier alpha value is -1.64. The molecule has 27 heavy (non-hydrogen) atoms. The molecule has 5 nitrogen and oxygen atoms in total. The Morgan fingerprint density at radius 1 is 1.15 bits per heavy atom. The second-order valence-corrected chi connectivity index (χ2v) is 7.80. The zero-order valence-electron chi connectivity index (χ0n) is 13.1. The van der Waals surface area contributed by atoms with Crippen LogP contribution in [0.1, 0.15) is 5.56 Å². The highest BCUT2D eigenvalue weighted by atomic mass is 79.9. The van der Waals surface area contributed by atoms with E-state index in [4.69, 9.17) is 47.0 Å². The first-order valence-electron chi connectivity index (χ1n) is 7.24. The van der Waals surface area contributed by atoms with Crippen LogP contribution in [-0.4, -0.2) is 22.0 Å². The van der Waals surface area contributed by atoms with Gasteiger partial charge in [-0.15, -0.1) is 0 Å². The van der Waals surface area contributed by atoms with Crippen molar-refractivity contribution in [1.29, 1.82) is 0 Å². The van der Waals surface area contributed by atoms with Gasteiger partial charge in [-0.05, 0) is 64.1 Å². The molecule has 3 rings (SSSR count). The van der Waals surface area contributed by atoms with E-state index in [9.17, 15) is 14.7 Å². The minimum atomic E-state index is -0.673. The third-order valence-corrected chi connectivity index (χ3v) is 5.61. The molecule has 0 atom stereocenters. The molecule has 1 heterocycles. The van der Waals surface area contributed by atoms with E-state index in [0.717, 1.165) is 4.90 Å². The lowest BCUT2D eigenvalue weighted by atomic mass is 10.1. The summed E-state index contributed by atoms with van der Waals surface area (Å²) in [4.78, 5) is 26.4. The minimum absolute atomic E-state index is 0.0603. The van der Waals surface area contributed by atoms with Gasteiger partial charge < -0.3 is 5.11 Å². The fraction of sp³-hybridized carbons (Fsp3) is 0. The number of hydrogen-bond donors (Lipinski definition) is 2. The zero-order chi connectivity index (χ0) is 19.9. The fourth-order valence-corrected chi connectivity index (χ4v) is 3.85. The molecule has 0 saturated carbocycles. The van der Waals surface area contributed by atoms with Crippen molar-refractivity contribution < 1.29 is 14.7 Å². The number of amides is 2. The van der Waals surface area contributed by atoms with Gasteiger partial charge in [0.05, 0.1) is 25.2 Å². The van der Waals surface area contributed by atoms with E-state index >= 15 is 0 Å². The summed E-state index contributed by atoms with van der Waals surface area (Å²) in [5.41, 5.74) is 0.483. The molecular formula is C17H8BrCl3N2O3S. The number of halogens is 4. The number of aromatic hydroxyl groups is 1. The lowest BCUT2D eigenvalue weighted by Crippen LogP contribution is -2.54. The van der Waals surface area contributed by atoms with Gasteiger partial charge in [0.25, 0.3) is 11.8 Å². The van der Waals surface area contributed by atoms with E-state index < -0.39 is 11.8 Å². The SMILES string of the molecule is O=C1NC(=S)N(c2cccc(Cl)c2Cl)C(=O)/C1=C/c1cc(Cl)c(O)c(Br)c1. The highest BCUT2D eigenvalue weighted by Gasteiger charge is 2.35. The summed E-state index contributed by atoms with van der Waals surface area (Å²) in [6, 6.07) is 7.66. The number of benzene rings is 2. The molecule has 10 heteroatoms. The Labute approximate surface area is 182 Å². The van der Waals surface area contributed by atoms with E-state index in [1.54, 1.807) is 18.2 Å². The number of nitrogens with zero attached hydrogens (tertiary/aromatic N) is 1. The Bertz CT molecular complexity index is 1020. The van der Waals surface area contributed by atoms with Crippen molar-refractivity contribution in [2.24, 2.45) is 0 Å². The van der Waals surface area contributed by atoms with E-state index in [0.29, 0.717) is 10.0 Å². The van der Waals surface area contributed by atoms with Crippen LogP contribution in [0.3, 0.4) is 0 Å². The Kier molecular flexibility index (Phi) is 5.79. The molecule has 1 aliphatic rings. The molecule has 2 aromatic rings. The number of phenolic OH excluding ortho intramolecular Hbond substituents is 1. The summed E-state index contributed by atoms with van der Waals surface area (Å²) < 4.78 is 0.316. The lowest BCUT2D eigenvalue weighted by Gasteiger charge is -2.29. The smallest absolute Gasteiger partial charge is 0.270 e. The maximum Gasteiger partial charge on any atom is 0.270 e. The van der Waals surface area contributed by atoms with Crippen molar-refractivity contribution in [3.05, 3.63) is 61.0 Å². The molecule has 0 aromatic heterocycles. The summed E-state index contributed by atoms with van der Waals surface area (Å²) >= 11 is 26.4. The molecule has 1 saturated heterocycles. The number of thiocarbonyl (C=S) groups is 1. The van der Waals surface area contributed by atoms with E-state index in [1.165, 1.54) is 18.2 Å². The molecule has 1 fully saturated rings. The van der Waals surface area contributed by atoms with Crippen LogP contribution in [0.25, 0.3) is 6.08 Å². The lowest BCUT2D eigenvalue weighted by molar-refractivity contribution is -0.122. The summed E-state index contributed by atoms with van der Waals surface area (Å²) in [7, 11) is 0. The molecule has 0 spiro atoms. The van der Waals surface area contributed by atoms with Gasteiger partial charge >= 0.3 is 0 Å². The van der Waals surface area contributed by atoms with E-state index in [-0.39, 0.29) is 37.2 Å². The number of carbonyl (C=O) groups is 2. The van der Waals surface area contributed by atoms with Crippen LogP contribution in [0, 0.1) is 0 Å². The zero-order valence-corrected chi connectivity index (χ0v) is 17.8. The second-order valence-electron chi connectivity index (χ2n) is 5.36. The van der Waals surface area contributed by atoms with Crippen LogP contribution < -0.4 is 10.2 Å².